The fourth-order valence-electron chi connectivity index (χ4n) is 1.93. The molecule has 1 aromatic rings. The molecule has 1 aliphatic rings. The average molecular weight is 251 g/mol. The topological polar surface area (TPSA) is 79.3 Å². The normalized spacial score (nSPS) is 14.7. The standard InChI is InChI=1S/C11H13N3O2S/c1-16-11(15)9-8(13)7(6-12)10(17-9)14-4-2-3-5-14/h2-5,13H2,1H3. The molecular formula is C11H13N3O2S. The monoisotopic (exact) mass is 251 g/mol. The lowest BCUT2D eigenvalue weighted by Crippen LogP contribution is -2.17. The van der Waals surface area contributed by atoms with Gasteiger partial charge in [-0.05, 0) is 12.8 Å². The van der Waals surface area contributed by atoms with E-state index in [1.807, 2.05) is 0 Å². The predicted molar refractivity (Wildman–Crippen MR) is 66.2 cm³/mol. The summed E-state index contributed by atoms with van der Waals surface area (Å²) in [5.41, 5.74) is 6.46. The molecule has 0 unspecified atom stereocenters. The number of carbonyl (C=O) groups excluding carboxylic acids is 1. The molecule has 1 aromatic heterocycles. The van der Waals surface area contributed by atoms with Gasteiger partial charge in [0.25, 0.3) is 0 Å². The number of nitrogens with zero attached hydrogens (tertiary/aromatic N) is 2. The van der Waals surface area contributed by atoms with Crippen molar-refractivity contribution in [3.8, 4) is 6.07 Å². The first-order chi connectivity index (χ1) is 8.19. The van der Waals surface area contributed by atoms with Crippen LogP contribution in [0.1, 0.15) is 28.1 Å². The molecule has 0 aliphatic carbocycles. The largest absolute Gasteiger partial charge is 0.465 e. The minimum Gasteiger partial charge on any atom is -0.465 e. The second-order valence-electron chi connectivity index (χ2n) is 3.82. The molecule has 1 fully saturated rings. The molecule has 90 valence electrons. The quantitative estimate of drug-likeness (QED) is 0.807. The maximum atomic E-state index is 11.5. The fourth-order valence-corrected chi connectivity index (χ4v) is 3.07. The van der Waals surface area contributed by atoms with Crippen LogP contribution in [0.4, 0.5) is 10.7 Å². The molecule has 6 heteroatoms. The maximum Gasteiger partial charge on any atom is 0.350 e. The highest BCUT2D eigenvalue weighted by molar-refractivity contribution is 7.18. The molecule has 5 nitrogen and oxygen atoms in total. The summed E-state index contributed by atoms with van der Waals surface area (Å²) >= 11 is 1.24. The van der Waals surface area contributed by atoms with Gasteiger partial charge in [-0.3, -0.25) is 0 Å². The molecule has 2 N–H and O–H groups in total. The lowest BCUT2D eigenvalue weighted by molar-refractivity contribution is 0.0607. The van der Waals surface area contributed by atoms with Crippen molar-refractivity contribution in [2.45, 2.75) is 12.8 Å². The molecule has 1 saturated heterocycles. The summed E-state index contributed by atoms with van der Waals surface area (Å²) in [6.45, 7) is 1.82. The molecule has 0 radical (unpaired) electrons. The second-order valence-corrected chi connectivity index (χ2v) is 4.82. The number of carbonyl (C=O) groups is 1. The zero-order valence-electron chi connectivity index (χ0n) is 9.52. The molecule has 1 aliphatic heterocycles. The van der Waals surface area contributed by atoms with E-state index in [9.17, 15) is 4.79 Å². The number of esters is 1. The van der Waals surface area contributed by atoms with Crippen LogP contribution < -0.4 is 10.6 Å². The zero-order chi connectivity index (χ0) is 12.4. The summed E-state index contributed by atoms with van der Waals surface area (Å²) in [6.07, 6.45) is 2.21. The zero-order valence-corrected chi connectivity index (χ0v) is 10.3. The van der Waals surface area contributed by atoms with E-state index in [4.69, 9.17) is 11.0 Å². The van der Waals surface area contributed by atoms with E-state index in [0.29, 0.717) is 10.4 Å². The van der Waals surface area contributed by atoms with Crippen molar-refractivity contribution in [3.63, 3.8) is 0 Å². The first-order valence-electron chi connectivity index (χ1n) is 5.34. The Kier molecular flexibility index (Phi) is 3.20. The van der Waals surface area contributed by atoms with E-state index in [0.717, 1.165) is 30.9 Å². The van der Waals surface area contributed by atoms with Crippen molar-refractivity contribution in [2.24, 2.45) is 0 Å². The third-order valence-corrected chi connectivity index (χ3v) is 4.05. The maximum absolute atomic E-state index is 11.5. The van der Waals surface area contributed by atoms with Crippen LogP contribution in [0, 0.1) is 11.3 Å². The molecule has 17 heavy (non-hydrogen) atoms. The fraction of sp³-hybridized carbons (Fsp3) is 0.455. The van der Waals surface area contributed by atoms with Crippen molar-refractivity contribution >= 4 is 28.0 Å². The van der Waals surface area contributed by atoms with Gasteiger partial charge in [0.05, 0.1) is 12.8 Å². The van der Waals surface area contributed by atoms with E-state index in [-0.39, 0.29) is 5.69 Å². The molecule has 0 amide bonds. The highest BCUT2D eigenvalue weighted by Gasteiger charge is 2.26. The second kappa shape index (κ2) is 4.63. The number of thiophene rings is 1. The van der Waals surface area contributed by atoms with E-state index < -0.39 is 5.97 Å². The number of nitrogen functional groups attached to an aromatic ring is 1. The number of hydrogen-bond donors (Lipinski definition) is 1. The lowest BCUT2D eigenvalue weighted by atomic mass is 10.2. The summed E-state index contributed by atoms with van der Waals surface area (Å²) in [5, 5.41) is 9.92. The summed E-state index contributed by atoms with van der Waals surface area (Å²) in [4.78, 5) is 13.9. The number of nitriles is 1. The van der Waals surface area contributed by atoms with Gasteiger partial charge in [0.15, 0.2) is 0 Å². The molecular weight excluding hydrogens is 238 g/mol. The van der Waals surface area contributed by atoms with Gasteiger partial charge in [-0.1, -0.05) is 0 Å². The smallest absolute Gasteiger partial charge is 0.350 e. The average Bonchev–Trinajstić information content (AvgIpc) is 2.95. The Morgan fingerprint density at radius 3 is 2.71 bits per heavy atom. The van der Waals surface area contributed by atoms with Crippen LogP contribution in [0.15, 0.2) is 0 Å². The van der Waals surface area contributed by atoms with E-state index in [1.54, 1.807) is 0 Å². The Bertz CT molecular complexity index is 484. The molecule has 0 aromatic carbocycles. The number of methoxy groups -OCH3 is 1. The number of ether oxygens (including phenoxy) is 1. The van der Waals surface area contributed by atoms with Gasteiger partial charge in [-0.2, -0.15) is 5.26 Å². The van der Waals surface area contributed by atoms with E-state index >= 15 is 0 Å². The van der Waals surface area contributed by atoms with Gasteiger partial charge in [-0.15, -0.1) is 11.3 Å². The number of anilines is 2. The highest BCUT2D eigenvalue weighted by Crippen LogP contribution is 2.39. The Morgan fingerprint density at radius 1 is 1.53 bits per heavy atom. The molecule has 0 saturated carbocycles. The first kappa shape index (κ1) is 11.7. The van der Waals surface area contributed by atoms with Gasteiger partial charge >= 0.3 is 5.97 Å². The summed E-state index contributed by atoms with van der Waals surface area (Å²) in [7, 11) is 1.31. The number of hydrogen-bond acceptors (Lipinski definition) is 6. The van der Waals surface area contributed by atoms with Crippen LogP contribution in [-0.2, 0) is 4.74 Å². The lowest BCUT2D eigenvalue weighted by Gasteiger charge is -2.14. The van der Waals surface area contributed by atoms with E-state index in [1.165, 1.54) is 18.4 Å². The van der Waals surface area contributed by atoms with Crippen molar-refractivity contribution in [3.05, 3.63) is 10.4 Å². The van der Waals surface area contributed by atoms with Gasteiger partial charge in [0, 0.05) is 13.1 Å². The van der Waals surface area contributed by atoms with Crippen LogP contribution >= 0.6 is 11.3 Å². The van der Waals surface area contributed by atoms with Gasteiger partial charge < -0.3 is 15.4 Å². The third-order valence-electron chi connectivity index (χ3n) is 2.80. The number of nitrogens with two attached hydrogens (primary N) is 1. The van der Waals surface area contributed by atoms with E-state index in [2.05, 4.69) is 15.7 Å². The van der Waals surface area contributed by atoms with Gasteiger partial charge in [0.2, 0.25) is 0 Å². The van der Waals surface area contributed by atoms with Crippen LogP contribution in [-0.4, -0.2) is 26.2 Å². The van der Waals surface area contributed by atoms with Crippen LogP contribution in [0.5, 0.6) is 0 Å². The van der Waals surface area contributed by atoms with Crippen LogP contribution in [0.25, 0.3) is 0 Å². The minimum atomic E-state index is -0.477. The Morgan fingerprint density at radius 2 is 2.18 bits per heavy atom. The molecule has 2 heterocycles. The van der Waals surface area contributed by atoms with Crippen molar-refractivity contribution in [1.82, 2.24) is 0 Å². The molecule has 0 spiro atoms. The predicted octanol–water partition coefficient (Wildman–Crippen LogP) is 1.59. The SMILES string of the molecule is COC(=O)c1sc(N2CCCC2)c(C#N)c1N. The minimum absolute atomic E-state index is 0.242. The summed E-state index contributed by atoms with van der Waals surface area (Å²) < 4.78 is 4.66. The van der Waals surface area contributed by atoms with Crippen molar-refractivity contribution in [2.75, 3.05) is 30.8 Å². The number of rotatable bonds is 2. The van der Waals surface area contributed by atoms with Crippen molar-refractivity contribution < 1.29 is 9.53 Å². The summed E-state index contributed by atoms with van der Waals surface area (Å²) in [6, 6.07) is 2.08. The van der Waals surface area contributed by atoms with Gasteiger partial charge in [-0.25, -0.2) is 4.79 Å². The summed E-state index contributed by atoms with van der Waals surface area (Å²) in [5.74, 6) is -0.477. The Labute approximate surface area is 103 Å². The molecule has 2 rings (SSSR count). The highest BCUT2D eigenvalue weighted by atomic mass is 32.1. The van der Waals surface area contributed by atoms with Crippen molar-refractivity contribution in [1.29, 1.82) is 5.26 Å². The van der Waals surface area contributed by atoms with Crippen LogP contribution in [0.3, 0.4) is 0 Å². The van der Waals surface area contributed by atoms with Crippen LogP contribution in [0.2, 0.25) is 0 Å². The Balaban J connectivity index is 2.45. The molecule has 0 atom stereocenters. The molecule has 0 bridgehead atoms. The van der Waals surface area contributed by atoms with Gasteiger partial charge in [0.1, 0.15) is 21.5 Å². The third kappa shape index (κ3) is 1.94. The first-order valence-corrected chi connectivity index (χ1v) is 6.16. The Hall–Kier alpha value is -1.74.